The normalized spacial score (nSPS) is 33.9. The van der Waals surface area contributed by atoms with Gasteiger partial charge in [0.25, 0.3) is 0 Å². The summed E-state index contributed by atoms with van der Waals surface area (Å²) in [5, 5.41) is 6.20. The van der Waals surface area contributed by atoms with Crippen LogP contribution in [0.3, 0.4) is 0 Å². The Bertz CT molecular complexity index is 512. The average Bonchev–Trinajstić information content (AvgIpc) is 2.30. The standard InChI is InChI=1S/C20H34N2O3/c1-18(2,3)25-17(24)22-19(4,5)12-16(23)21-20-9-13-6-14(10-20)8-15(7-13)11-20/h13-15H,6-12H2,1-5H3,(H,21,23)(H,22,24). The van der Waals surface area contributed by atoms with Crippen molar-refractivity contribution in [2.45, 2.75) is 96.2 Å². The third-order valence-corrected chi connectivity index (χ3v) is 5.88. The summed E-state index contributed by atoms with van der Waals surface area (Å²) in [6.45, 7) is 9.24. The molecule has 4 rings (SSSR count). The molecular formula is C20H34N2O3. The van der Waals surface area contributed by atoms with Gasteiger partial charge in [0.2, 0.25) is 5.91 Å². The highest BCUT2D eigenvalue weighted by Crippen LogP contribution is 2.55. The summed E-state index contributed by atoms with van der Waals surface area (Å²) in [7, 11) is 0. The van der Waals surface area contributed by atoms with Gasteiger partial charge in [0.15, 0.2) is 0 Å². The second kappa shape index (κ2) is 6.17. The van der Waals surface area contributed by atoms with Crippen molar-refractivity contribution >= 4 is 12.0 Å². The van der Waals surface area contributed by atoms with E-state index >= 15 is 0 Å². The molecule has 0 saturated heterocycles. The highest BCUT2D eigenvalue weighted by atomic mass is 16.6. The van der Waals surface area contributed by atoms with Crippen LogP contribution in [-0.4, -0.2) is 28.7 Å². The molecule has 0 aliphatic heterocycles. The van der Waals surface area contributed by atoms with Gasteiger partial charge in [-0.3, -0.25) is 4.79 Å². The number of hydrogen-bond acceptors (Lipinski definition) is 3. The van der Waals surface area contributed by atoms with Crippen LogP contribution in [0.5, 0.6) is 0 Å². The zero-order chi connectivity index (χ0) is 18.5. The van der Waals surface area contributed by atoms with Gasteiger partial charge in [-0.05, 0) is 90.9 Å². The fourth-order valence-electron chi connectivity index (χ4n) is 5.63. The van der Waals surface area contributed by atoms with Crippen LogP contribution in [0.25, 0.3) is 0 Å². The van der Waals surface area contributed by atoms with Gasteiger partial charge in [-0.15, -0.1) is 0 Å². The molecule has 0 heterocycles. The first-order valence-corrected chi connectivity index (χ1v) is 9.76. The molecule has 4 bridgehead atoms. The fourth-order valence-corrected chi connectivity index (χ4v) is 5.63. The molecule has 5 nitrogen and oxygen atoms in total. The van der Waals surface area contributed by atoms with E-state index in [0.717, 1.165) is 37.0 Å². The van der Waals surface area contributed by atoms with Gasteiger partial charge < -0.3 is 15.4 Å². The van der Waals surface area contributed by atoms with Crippen LogP contribution in [0.15, 0.2) is 0 Å². The van der Waals surface area contributed by atoms with Gasteiger partial charge in [0, 0.05) is 17.5 Å². The van der Waals surface area contributed by atoms with Gasteiger partial charge >= 0.3 is 6.09 Å². The number of carbonyl (C=O) groups is 2. The van der Waals surface area contributed by atoms with Crippen LogP contribution in [0.2, 0.25) is 0 Å². The third kappa shape index (κ3) is 4.68. The highest BCUT2D eigenvalue weighted by Gasteiger charge is 2.51. The van der Waals surface area contributed by atoms with Crippen LogP contribution in [0.1, 0.15) is 79.6 Å². The van der Waals surface area contributed by atoms with E-state index in [0.29, 0.717) is 0 Å². The number of hydrogen-bond donors (Lipinski definition) is 2. The quantitative estimate of drug-likeness (QED) is 0.811. The Morgan fingerprint density at radius 3 is 1.88 bits per heavy atom. The van der Waals surface area contributed by atoms with Crippen LogP contribution in [0.4, 0.5) is 4.79 Å². The number of amides is 2. The Hall–Kier alpha value is -1.26. The van der Waals surface area contributed by atoms with Crippen molar-refractivity contribution < 1.29 is 14.3 Å². The minimum Gasteiger partial charge on any atom is -0.444 e. The molecule has 25 heavy (non-hydrogen) atoms. The van der Waals surface area contributed by atoms with E-state index in [1.54, 1.807) is 0 Å². The van der Waals surface area contributed by atoms with Crippen molar-refractivity contribution in [3.05, 3.63) is 0 Å². The van der Waals surface area contributed by atoms with Crippen LogP contribution in [0, 0.1) is 17.8 Å². The summed E-state index contributed by atoms with van der Waals surface area (Å²) in [5.41, 5.74) is -1.15. The number of nitrogens with one attached hydrogen (secondary N) is 2. The molecule has 0 aromatic heterocycles. The van der Waals surface area contributed by atoms with Gasteiger partial charge in [0.1, 0.15) is 5.60 Å². The summed E-state index contributed by atoms with van der Waals surface area (Å²) < 4.78 is 5.31. The van der Waals surface area contributed by atoms with Gasteiger partial charge in [0.05, 0.1) is 0 Å². The molecule has 0 spiro atoms. The summed E-state index contributed by atoms with van der Waals surface area (Å²) in [5.74, 6) is 2.46. The minimum absolute atomic E-state index is 0.0217. The van der Waals surface area contributed by atoms with Crippen molar-refractivity contribution in [3.8, 4) is 0 Å². The molecule has 5 heteroatoms. The summed E-state index contributed by atoms with van der Waals surface area (Å²) in [6.07, 6.45) is 7.32. The van der Waals surface area contributed by atoms with Crippen molar-refractivity contribution in [2.75, 3.05) is 0 Å². The van der Waals surface area contributed by atoms with E-state index < -0.39 is 17.2 Å². The highest BCUT2D eigenvalue weighted by molar-refractivity contribution is 5.79. The molecule has 142 valence electrons. The van der Waals surface area contributed by atoms with E-state index in [1.807, 2.05) is 34.6 Å². The predicted molar refractivity (Wildman–Crippen MR) is 97.1 cm³/mol. The monoisotopic (exact) mass is 350 g/mol. The van der Waals surface area contributed by atoms with Crippen molar-refractivity contribution in [2.24, 2.45) is 17.8 Å². The lowest BCUT2D eigenvalue weighted by Gasteiger charge is -2.57. The molecule has 4 saturated carbocycles. The van der Waals surface area contributed by atoms with E-state index in [9.17, 15) is 9.59 Å². The zero-order valence-corrected chi connectivity index (χ0v) is 16.4. The largest absolute Gasteiger partial charge is 0.444 e. The van der Waals surface area contributed by atoms with Crippen molar-refractivity contribution in [1.82, 2.24) is 10.6 Å². The molecular weight excluding hydrogens is 316 g/mol. The molecule has 4 aliphatic rings. The minimum atomic E-state index is -0.630. The van der Waals surface area contributed by atoms with Crippen LogP contribution < -0.4 is 10.6 Å². The lowest BCUT2D eigenvalue weighted by atomic mass is 9.53. The second-order valence-electron chi connectivity index (χ2n) is 10.4. The number of rotatable bonds is 4. The van der Waals surface area contributed by atoms with E-state index in [4.69, 9.17) is 4.74 Å². The Morgan fingerprint density at radius 2 is 1.44 bits per heavy atom. The lowest BCUT2D eigenvalue weighted by molar-refractivity contribution is -0.128. The molecule has 0 unspecified atom stereocenters. The molecule has 0 aromatic rings. The molecule has 2 N–H and O–H groups in total. The van der Waals surface area contributed by atoms with E-state index in [-0.39, 0.29) is 17.9 Å². The maximum Gasteiger partial charge on any atom is 0.408 e. The van der Waals surface area contributed by atoms with Crippen molar-refractivity contribution in [1.29, 1.82) is 0 Å². The van der Waals surface area contributed by atoms with Crippen LogP contribution >= 0.6 is 0 Å². The first-order valence-electron chi connectivity index (χ1n) is 9.76. The molecule has 0 radical (unpaired) electrons. The van der Waals surface area contributed by atoms with E-state index in [2.05, 4.69) is 10.6 Å². The smallest absolute Gasteiger partial charge is 0.408 e. The Morgan fingerprint density at radius 1 is 0.960 bits per heavy atom. The third-order valence-electron chi connectivity index (χ3n) is 5.88. The first kappa shape index (κ1) is 18.5. The summed E-state index contributed by atoms with van der Waals surface area (Å²) in [4.78, 5) is 24.7. The second-order valence-corrected chi connectivity index (χ2v) is 10.4. The maximum absolute atomic E-state index is 12.7. The Labute approximate surface area is 151 Å². The molecule has 4 aliphatic carbocycles. The average molecular weight is 351 g/mol. The van der Waals surface area contributed by atoms with E-state index in [1.165, 1.54) is 19.3 Å². The lowest BCUT2D eigenvalue weighted by Crippen LogP contribution is -2.61. The maximum atomic E-state index is 12.7. The molecule has 2 amide bonds. The zero-order valence-electron chi connectivity index (χ0n) is 16.4. The van der Waals surface area contributed by atoms with Gasteiger partial charge in [-0.1, -0.05) is 0 Å². The molecule has 4 fully saturated rings. The summed E-state index contributed by atoms with van der Waals surface area (Å²) >= 11 is 0. The fraction of sp³-hybridized carbons (Fsp3) is 0.900. The predicted octanol–water partition coefficient (Wildman–Crippen LogP) is 3.76. The number of carbonyl (C=O) groups excluding carboxylic acids is 2. The summed E-state index contributed by atoms with van der Waals surface area (Å²) in [6, 6.07) is 0. The number of alkyl carbamates (subject to hydrolysis) is 1. The Balaban J connectivity index is 1.54. The molecule has 0 aromatic carbocycles. The van der Waals surface area contributed by atoms with Crippen LogP contribution in [-0.2, 0) is 9.53 Å². The van der Waals surface area contributed by atoms with Crippen molar-refractivity contribution in [3.63, 3.8) is 0 Å². The van der Waals surface area contributed by atoms with Gasteiger partial charge in [-0.25, -0.2) is 4.79 Å². The van der Waals surface area contributed by atoms with Gasteiger partial charge in [-0.2, -0.15) is 0 Å². The SMILES string of the molecule is CC(C)(CC(=O)NC12CC3CC(CC(C3)C1)C2)NC(=O)OC(C)(C)C. The topological polar surface area (TPSA) is 67.4 Å². The number of ether oxygens (including phenoxy) is 1. The molecule has 0 atom stereocenters. The first-order chi connectivity index (χ1) is 11.4. The Kier molecular flexibility index (Phi) is 4.57.